The van der Waals surface area contributed by atoms with E-state index in [1.807, 2.05) is 13.8 Å². The number of hydrogen-bond donors (Lipinski definition) is 2. The molecule has 216 valence electrons. The summed E-state index contributed by atoms with van der Waals surface area (Å²) in [6, 6.07) is 2.39. The first-order valence-corrected chi connectivity index (χ1v) is 13.3. The van der Waals surface area contributed by atoms with Crippen LogP contribution in [0.3, 0.4) is 0 Å². The molecule has 2 unspecified atom stereocenters. The zero-order chi connectivity index (χ0) is 30.0. The minimum absolute atomic E-state index is 0.0470. The van der Waals surface area contributed by atoms with Gasteiger partial charge in [-0.3, -0.25) is 14.4 Å². The normalized spacial score (nSPS) is 21.4. The van der Waals surface area contributed by atoms with Crippen LogP contribution in [0.5, 0.6) is 0 Å². The second kappa shape index (κ2) is 10.0. The summed E-state index contributed by atoms with van der Waals surface area (Å²) in [5, 5.41) is 12.3. The van der Waals surface area contributed by atoms with E-state index in [1.165, 1.54) is 29.4 Å². The Morgan fingerprint density at radius 3 is 2.37 bits per heavy atom. The highest BCUT2D eigenvalue weighted by molar-refractivity contribution is 5.97. The molecule has 5 rings (SSSR count). The molecule has 41 heavy (non-hydrogen) atoms. The number of nitrogens with zero attached hydrogens (tertiary/aromatic N) is 3. The average molecular weight is 569 g/mol. The molecule has 3 aromatic rings. The van der Waals surface area contributed by atoms with Crippen LogP contribution in [-0.4, -0.2) is 49.9 Å². The van der Waals surface area contributed by atoms with Crippen molar-refractivity contribution >= 4 is 17.8 Å². The van der Waals surface area contributed by atoms with Gasteiger partial charge in [-0.15, -0.1) is 0 Å². The molecule has 1 aliphatic heterocycles. The smallest absolute Gasteiger partial charge is 0.305 e. The number of carbonyl (C=O) groups excluding carboxylic acids is 2. The molecular formula is C30H31F3N4O4. The molecule has 8 nitrogen and oxygen atoms in total. The highest BCUT2D eigenvalue weighted by Crippen LogP contribution is 2.65. The van der Waals surface area contributed by atoms with Gasteiger partial charge in [0.1, 0.15) is 17.6 Å². The number of rotatable bonds is 7. The van der Waals surface area contributed by atoms with E-state index < -0.39 is 53.7 Å². The van der Waals surface area contributed by atoms with Gasteiger partial charge in [-0.25, -0.2) is 18.2 Å². The minimum Gasteiger partial charge on any atom is -0.481 e. The number of carboxylic acids is 1. The maximum absolute atomic E-state index is 15.3. The quantitative estimate of drug-likeness (QED) is 0.435. The van der Waals surface area contributed by atoms with Crippen molar-refractivity contribution in [3.05, 3.63) is 76.6 Å². The minimum atomic E-state index is -1.44. The van der Waals surface area contributed by atoms with Crippen molar-refractivity contribution in [2.45, 2.75) is 46.2 Å². The van der Waals surface area contributed by atoms with Crippen LogP contribution in [-0.2, 0) is 16.6 Å². The van der Waals surface area contributed by atoms with E-state index in [1.54, 1.807) is 31.7 Å². The summed E-state index contributed by atoms with van der Waals surface area (Å²) in [5.41, 5.74) is 1.22. The Bertz CT molecular complexity index is 1560. The number of fused-ring (bicyclic) bond motifs is 1. The number of carboxylic acid groups (broad SMARTS) is 1. The van der Waals surface area contributed by atoms with Crippen LogP contribution >= 0.6 is 0 Å². The lowest BCUT2D eigenvalue weighted by Gasteiger charge is -2.31. The molecule has 0 spiro atoms. The molecule has 2 heterocycles. The number of amides is 2. The second-order valence-electron chi connectivity index (χ2n) is 11.7. The molecular weight excluding hydrogens is 537 g/mol. The van der Waals surface area contributed by atoms with Crippen molar-refractivity contribution in [1.29, 1.82) is 0 Å². The van der Waals surface area contributed by atoms with Crippen LogP contribution in [0, 0.1) is 48.5 Å². The van der Waals surface area contributed by atoms with Crippen molar-refractivity contribution in [2.75, 3.05) is 6.54 Å². The molecule has 1 aromatic heterocycles. The molecule has 2 aliphatic rings. The zero-order valence-electron chi connectivity index (χ0n) is 23.3. The van der Waals surface area contributed by atoms with Crippen LogP contribution in [0.4, 0.5) is 13.2 Å². The fourth-order valence-electron chi connectivity index (χ4n) is 6.51. The third-order valence-electron chi connectivity index (χ3n) is 8.58. The van der Waals surface area contributed by atoms with Gasteiger partial charge in [-0.2, -0.15) is 0 Å². The summed E-state index contributed by atoms with van der Waals surface area (Å²) in [6.45, 7) is 7.56. The van der Waals surface area contributed by atoms with Gasteiger partial charge in [-0.05, 0) is 77.6 Å². The number of piperidine rings is 1. The summed E-state index contributed by atoms with van der Waals surface area (Å²) in [6.07, 6.45) is 2.29. The number of hydrogen-bond acceptors (Lipinski definition) is 4. The zero-order valence-corrected chi connectivity index (χ0v) is 23.3. The van der Waals surface area contributed by atoms with E-state index in [2.05, 4.69) is 10.3 Å². The molecule has 2 N–H and O–H groups in total. The van der Waals surface area contributed by atoms with Gasteiger partial charge in [0, 0.05) is 25.4 Å². The first kappa shape index (κ1) is 28.4. The number of carbonyl (C=O) groups is 3. The number of aromatic nitrogens is 2. The molecule has 2 aromatic carbocycles. The number of aryl methyl sites for hydroxylation is 3. The SMILES string of the molecule is Cc1cc(F)cc(C)c1-c1cc(F)c(F)c([C@H](CC(=O)O)NC(=O)[C@@H]2C3C(CN2C(=O)c2cn(C)cn2)C3(C)C)c1. The number of imidazole rings is 1. The Labute approximate surface area is 235 Å². The van der Waals surface area contributed by atoms with Crippen LogP contribution < -0.4 is 5.32 Å². The first-order chi connectivity index (χ1) is 19.2. The third-order valence-corrected chi connectivity index (χ3v) is 8.58. The second-order valence-corrected chi connectivity index (χ2v) is 11.7. The topological polar surface area (TPSA) is 105 Å². The fraction of sp³-hybridized carbons (Fsp3) is 0.400. The Hall–Kier alpha value is -4.15. The summed E-state index contributed by atoms with van der Waals surface area (Å²) in [5.74, 6) is -5.60. The van der Waals surface area contributed by atoms with Gasteiger partial charge < -0.3 is 19.9 Å². The number of benzene rings is 2. The molecule has 11 heteroatoms. The van der Waals surface area contributed by atoms with Crippen molar-refractivity contribution in [1.82, 2.24) is 19.8 Å². The van der Waals surface area contributed by atoms with Crippen LogP contribution in [0.1, 0.15) is 53.5 Å². The van der Waals surface area contributed by atoms with E-state index in [0.717, 1.165) is 6.07 Å². The van der Waals surface area contributed by atoms with Gasteiger partial charge in [0.05, 0.1) is 18.8 Å². The molecule has 4 atom stereocenters. The van der Waals surface area contributed by atoms with Gasteiger partial charge >= 0.3 is 5.97 Å². The fourth-order valence-corrected chi connectivity index (χ4v) is 6.51. The molecule has 0 radical (unpaired) electrons. The Balaban J connectivity index is 1.51. The average Bonchev–Trinajstić information content (AvgIpc) is 3.24. The van der Waals surface area contributed by atoms with Crippen molar-refractivity contribution in [2.24, 2.45) is 24.3 Å². The molecule has 1 saturated heterocycles. The Morgan fingerprint density at radius 2 is 1.78 bits per heavy atom. The molecule has 0 bridgehead atoms. The molecule has 2 fully saturated rings. The van der Waals surface area contributed by atoms with Gasteiger partial charge in [0.25, 0.3) is 5.91 Å². The van der Waals surface area contributed by atoms with Gasteiger partial charge in [-0.1, -0.05) is 13.8 Å². The number of likely N-dealkylation sites (tertiary alicyclic amines) is 1. The van der Waals surface area contributed by atoms with Crippen molar-refractivity contribution < 1.29 is 32.7 Å². The van der Waals surface area contributed by atoms with E-state index in [0.29, 0.717) is 23.2 Å². The lowest BCUT2D eigenvalue weighted by Crippen LogP contribution is -2.50. The van der Waals surface area contributed by atoms with E-state index in [4.69, 9.17) is 0 Å². The van der Waals surface area contributed by atoms with E-state index in [-0.39, 0.29) is 34.1 Å². The summed E-state index contributed by atoms with van der Waals surface area (Å²) in [4.78, 5) is 44.5. The number of aliphatic carboxylic acids is 1. The van der Waals surface area contributed by atoms with Gasteiger partial charge in [0.2, 0.25) is 5.91 Å². The standard InChI is InChI=1S/C30H31F3N4O4/c1-14-6-17(31)7-15(2)24(14)16-8-18(26(33)20(32)9-16)21(10-23(38)39)35-28(40)27-25-19(30(25,3)4)11-37(27)29(41)22-12-36(5)13-34-22/h6-9,12-13,19,21,25,27H,10-11H2,1-5H3,(H,35,40)(H,38,39)/t19?,21-,25?,27-/m0/s1. The molecule has 1 aliphatic carbocycles. The van der Waals surface area contributed by atoms with E-state index in [9.17, 15) is 28.3 Å². The number of nitrogens with one attached hydrogen (secondary N) is 1. The maximum Gasteiger partial charge on any atom is 0.305 e. The van der Waals surface area contributed by atoms with Crippen molar-refractivity contribution in [3.8, 4) is 11.1 Å². The lowest BCUT2D eigenvalue weighted by atomic mass is 9.91. The molecule has 2 amide bonds. The summed E-state index contributed by atoms with van der Waals surface area (Å²) < 4.78 is 45.8. The first-order valence-electron chi connectivity index (χ1n) is 13.3. The maximum atomic E-state index is 15.3. The van der Waals surface area contributed by atoms with Crippen LogP contribution in [0.25, 0.3) is 11.1 Å². The van der Waals surface area contributed by atoms with Gasteiger partial charge in [0.15, 0.2) is 11.6 Å². The van der Waals surface area contributed by atoms with Crippen LogP contribution in [0.2, 0.25) is 0 Å². The van der Waals surface area contributed by atoms with Crippen molar-refractivity contribution in [3.63, 3.8) is 0 Å². The number of halogens is 3. The predicted molar refractivity (Wildman–Crippen MR) is 143 cm³/mol. The Morgan fingerprint density at radius 1 is 1.12 bits per heavy atom. The third kappa shape index (κ3) is 4.98. The Kier molecular flexibility index (Phi) is 6.95. The lowest BCUT2D eigenvalue weighted by molar-refractivity contribution is -0.138. The van der Waals surface area contributed by atoms with Crippen LogP contribution in [0.15, 0.2) is 36.8 Å². The highest BCUT2D eigenvalue weighted by Gasteiger charge is 2.69. The molecule has 1 saturated carbocycles. The largest absolute Gasteiger partial charge is 0.481 e. The van der Waals surface area contributed by atoms with E-state index >= 15 is 4.39 Å². The summed E-state index contributed by atoms with van der Waals surface area (Å²) >= 11 is 0. The predicted octanol–water partition coefficient (Wildman–Crippen LogP) is 4.55. The monoisotopic (exact) mass is 568 g/mol. The highest BCUT2D eigenvalue weighted by atomic mass is 19.2. The summed E-state index contributed by atoms with van der Waals surface area (Å²) in [7, 11) is 1.71.